The van der Waals surface area contributed by atoms with E-state index in [1.807, 2.05) is 25.1 Å². The molecule has 0 amide bonds. The van der Waals surface area contributed by atoms with Crippen LogP contribution in [-0.2, 0) is 0 Å². The molecule has 0 heterocycles. The molecular formula is C12H16ClNOS. The van der Waals surface area contributed by atoms with Gasteiger partial charge in [0.15, 0.2) is 0 Å². The fourth-order valence-corrected chi connectivity index (χ4v) is 1.56. The molecule has 0 aliphatic heterocycles. The molecule has 1 aromatic carbocycles. The molecule has 0 unspecified atom stereocenters. The van der Waals surface area contributed by atoms with Crippen molar-refractivity contribution in [2.75, 3.05) is 6.61 Å². The molecule has 0 aromatic heterocycles. The average molecular weight is 258 g/mol. The summed E-state index contributed by atoms with van der Waals surface area (Å²) in [7, 11) is 0. The Morgan fingerprint density at radius 1 is 1.44 bits per heavy atom. The maximum absolute atomic E-state index is 5.92. The summed E-state index contributed by atoms with van der Waals surface area (Å²) in [4.78, 5) is 0.572. The van der Waals surface area contributed by atoms with Gasteiger partial charge in [-0.3, -0.25) is 0 Å². The van der Waals surface area contributed by atoms with Crippen molar-refractivity contribution in [2.45, 2.75) is 26.2 Å². The first-order valence-corrected chi connectivity index (χ1v) is 6.05. The van der Waals surface area contributed by atoms with Crippen LogP contribution in [0.4, 0.5) is 0 Å². The van der Waals surface area contributed by atoms with Crippen LogP contribution in [0.25, 0.3) is 0 Å². The van der Waals surface area contributed by atoms with Crippen molar-refractivity contribution >= 4 is 28.8 Å². The van der Waals surface area contributed by atoms with Crippen LogP contribution in [0, 0.1) is 6.92 Å². The number of aryl methyl sites for hydroxylation is 1. The molecule has 2 nitrogen and oxygen atoms in total. The molecule has 2 N–H and O–H groups in total. The number of hydrogen-bond acceptors (Lipinski definition) is 2. The first-order chi connectivity index (χ1) is 7.59. The lowest BCUT2D eigenvalue weighted by molar-refractivity contribution is 0.308. The van der Waals surface area contributed by atoms with Crippen molar-refractivity contribution in [2.24, 2.45) is 5.73 Å². The van der Waals surface area contributed by atoms with E-state index >= 15 is 0 Å². The number of hydrogen-bond donors (Lipinski definition) is 1. The van der Waals surface area contributed by atoms with E-state index in [4.69, 9.17) is 34.3 Å². The molecule has 1 aromatic rings. The van der Waals surface area contributed by atoms with E-state index in [-0.39, 0.29) is 0 Å². The lowest BCUT2D eigenvalue weighted by Gasteiger charge is -2.07. The van der Waals surface area contributed by atoms with Gasteiger partial charge in [-0.1, -0.05) is 23.8 Å². The van der Waals surface area contributed by atoms with Gasteiger partial charge in [-0.15, -0.1) is 0 Å². The molecule has 88 valence electrons. The highest BCUT2D eigenvalue weighted by atomic mass is 35.5. The highest BCUT2D eigenvalue weighted by Crippen LogP contribution is 2.21. The van der Waals surface area contributed by atoms with Crippen LogP contribution in [0.3, 0.4) is 0 Å². The summed E-state index contributed by atoms with van der Waals surface area (Å²) in [6, 6.07) is 5.67. The second-order valence-electron chi connectivity index (χ2n) is 3.68. The van der Waals surface area contributed by atoms with E-state index < -0.39 is 0 Å². The lowest BCUT2D eigenvalue weighted by Crippen LogP contribution is -2.08. The van der Waals surface area contributed by atoms with Gasteiger partial charge < -0.3 is 10.5 Å². The number of unbranched alkanes of at least 4 members (excludes halogenated alkanes) is 1. The molecule has 0 fully saturated rings. The van der Waals surface area contributed by atoms with Gasteiger partial charge in [-0.05, 0) is 49.9 Å². The molecule has 0 saturated carbocycles. The minimum atomic E-state index is 0.572. The zero-order valence-corrected chi connectivity index (χ0v) is 10.9. The molecule has 0 bridgehead atoms. The summed E-state index contributed by atoms with van der Waals surface area (Å²) < 4.78 is 5.58. The Labute approximate surface area is 107 Å². The normalized spacial score (nSPS) is 10.1. The standard InChI is InChI=1S/C12H16ClNOS/c1-9-8-10(5-6-11(9)13)15-7-3-2-4-12(14)16/h5-6,8H,2-4,7H2,1H3,(H2,14,16). The second kappa shape index (κ2) is 6.71. The third-order valence-electron chi connectivity index (χ3n) is 2.22. The van der Waals surface area contributed by atoms with Gasteiger partial charge in [0.2, 0.25) is 0 Å². The minimum absolute atomic E-state index is 0.572. The molecule has 0 spiro atoms. The SMILES string of the molecule is Cc1cc(OCCCCC(N)=S)ccc1Cl. The first-order valence-electron chi connectivity index (χ1n) is 5.27. The topological polar surface area (TPSA) is 35.2 Å². The number of halogens is 1. The molecule has 1 rings (SSSR count). The third-order valence-corrected chi connectivity index (χ3v) is 2.84. The van der Waals surface area contributed by atoms with Crippen LogP contribution >= 0.6 is 23.8 Å². The first kappa shape index (κ1) is 13.3. The van der Waals surface area contributed by atoms with Crippen LogP contribution in [0.5, 0.6) is 5.75 Å². The molecule has 16 heavy (non-hydrogen) atoms. The van der Waals surface area contributed by atoms with E-state index in [1.54, 1.807) is 0 Å². The van der Waals surface area contributed by atoms with Crippen LogP contribution in [-0.4, -0.2) is 11.6 Å². The Balaban J connectivity index is 2.27. The highest BCUT2D eigenvalue weighted by Gasteiger charge is 1.98. The van der Waals surface area contributed by atoms with E-state index in [9.17, 15) is 0 Å². The van der Waals surface area contributed by atoms with Crippen molar-refractivity contribution in [1.82, 2.24) is 0 Å². The smallest absolute Gasteiger partial charge is 0.119 e. The Morgan fingerprint density at radius 2 is 2.19 bits per heavy atom. The molecule has 0 atom stereocenters. The number of ether oxygens (including phenoxy) is 1. The van der Waals surface area contributed by atoms with Gasteiger partial charge in [-0.2, -0.15) is 0 Å². The van der Waals surface area contributed by atoms with Crippen molar-refractivity contribution in [3.63, 3.8) is 0 Å². The van der Waals surface area contributed by atoms with Crippen LogP contribution < -0.4 is 10.5 Å². The Morgan fingerprint density at radius 3 is 2.81 bits per heavy atom. The lowest BCUT2D eigenvalue weighted by atomic mass is 10.2. The van der Waals surface area contributed by atoms with Crippen molar-refractivity contribution in [3.05, 3.63) is 28.8 Å². The number of rotatable bonds is 6. The molecule has 0 aliphatic carbocycles. The third kappa shape index (κ3) is 4.81. The summed E-state index contributed by atoms with van der Waals surface area (Å²) in [5.74, 6) is 0.859. The zero-order chi connectivity index (χ0) is 12.0. The Hall–Kier alpha value is -0.800. The number of benzene rings is 1. The molecule has 0 saturated heterocycles. The minimum Gasteiger partial charge on any atom is -0.494 e. The predicted molar refractivity (Wildman–Crippen MR) is 72.3 cm³/mol. The molecule has 0 aliphatic rings. The maximum Gasteiger partial charge on any atom is 0.119 e. The summed E-state index contributed by atoms with van der Waals surface area (Å²) in [5.41, 5.74) is 6.43. The molecule has 4 heteroatoms. The summed E-state index contributed by atoms with van der Waals surface area (Å²) in [5, 5.41) is 0.765. The van der Waals surface area contributed by atoms with E-state index in [2.05, 4.69) is 0 Å². The van der Waals surface area contributed by atoms with Gasteiger partial charge in [0.05, 0.1) is 11.6 Å². The average Bonchev–Trinajstić information content (AvgIpc) is 2.22. The zero-order valence-electron chi connectivity index (χ0n) is 9.33. The van der Waals surface area contributed by atoms with Crippen molar-refractivity contribution in [1.29, 1.82) is 0 Å². The highest BCUT2D eigenvalue weighted by molar-refractivity contribution is 7.80. The summed E-state index contributed by atoms with van der Waals surface area (Å²) in [6.45, 7) is 2.64. The summed E-state index contributed by atoms with van der Waals surface area (Å²) in [6.07, 6.45) is 2.72. The fraction of sp³-hybridized carbons (Fsp3) is 0.417. The number of thiocarbonyl (C=S) groups is 1. The van der Waals surface area contributed by atoms with Gasteiger partial charge in [0.25, 0.3) is 0 Å². The maximum atomic E-state index is 5.92. The van der Waals surface area contributed by atoms with E-state index in [1.165, 1.54) is 0 Å². The van der Waals surface area contributed by atoms with E-state index in [0.717, 1.165) is 35.6 Å². The van der Waals surface area contributed by atoms with Crippen molar-refractivity contribution in [3.8, 4) is 5.75 Å². The summed E-state index contributed by atoms with van der Waals surface area (Å²) >= 11 is 10.7. The predicted octanol–water partition coefficient (Wildman–Crippen LogP) is 3.48. The van der Waals surface area contributed by atoms with E-state index in [0.29, 0.717) is 11.6 Å². The largest absolute Gasteiger partial charge is 0.494 e. The van der Waals surface area contributed by atoms with Gasteiger partial charge in [0.1, 0.15) is 5.75 Å². The monoisotopic (exact) mass is 257 g/mol. The Kier molecular flexibility index (Phi) is 5.56. The quantitative estimate of drug-likeness (QED) is 0.626. The Bertz CT molecular complexity index is 368. The second-order valence-corrected chi connectivity index (χ2v) is 4.61. The van der Waals surface area contributed by atoms with Crippen LogP contribution in [0.15, 0.2) is 18.2 Å². The van der Waals surface area contributed by atoms with Crippen LogP contribution in [0.2, 0.25) is 5.02 Å². The van der Waals surface area contributed by atoms with Crippen molar-refractivity contribution < 1.29 is 4.74 Å². The fourth-order valence-electron chi connectivity index (χ4n) is 1.30. The van der Waals surface area contributed by atoms with Gasteiger partial charge in [-0.25, -0.2) is 0 Å². The molecular weight excluding hydrogens is 242 g/mol. The molecule has 0 radical (unpaired) electrons. The van der Waals surface area contributed by atoms with Gasteiger partial charge >= 0.3 is 0 Å². The number of nitrogens with two attached hydrogens (primary N) is 1. The van der Waals surface area contributed by atoms with Gasteiger partial charge in [0, 0.05) is 5.02 Å². The van der Waals surface area contributed by atoms with Crippen LogP contribution in [0.1, 0.15) is 24.8 Å².